The van der Waals surface area contributed by atoms with Crippen LogP contribution in [0.25, 0.3) is 0 Å². The summed E-state index contributed by atoms with van der Waals surface area (Å²) >= 11 is 5.98. The molecule has 1 aliphatic rings. The number of anilines is 1. The Bertz CT molecular complexity index is 706. The van der Waals surface area contributed by atoms with Crippen LogP contribution in [0.15, 0.2) is 30.5 Å². The molecule has 128 valence electrons. The smallest absolute Gasteiger partial charge is 0.277 e. The van der Waals surface area contributed by atoms with Crippen LogP contribution in [-0.4, -0.2) is 46.8 Å². The zero-order valence-corrected chi connectivity index (χ0v) is 14.6. The second-order valence-corrected chi connectivity index (χ2v) is 6.51. The van der Waals surface area contributed by atoms with E-state index in [9.17, 15) is 4.79 Å². The average Bonchev–Trinajstić information content (AvgIpc) is 2.90. The van der Waals surface area contributed by atoms with E-state index in [2.05, 4.69) is 22.4 Å². The van der Waals surface area contributed by atoms with Crippen molar-refractivity contribution >= 4 is 23.2 Å². The van der Waals surface area contributed by atoms with Crippen molar-refractivity contribution in [3.63, 3.8) is 0 Å². The van der Waals surface area contributed by atoms with Gasteiger partial charge in [-0.1, -0.05) is 11.6 Å². The van der Waals surface area contributed by atoms with Gasteiger partial charge in [-0.25, -0.2) is 0 Å². The highest BCUT2D eigenvalue weighted by Gasteiger charge is 2.18. The van der Waals surface area contributed by atoms with E-state index in [0.717, 1.165) is 31.7 Å². The first-order valence-corrected chi connectivity index (χ1v) is 8.35. The Morgan fingerprint density at radius 3 is 2.50 bits per heavy atom. The van der Waals surface area contributed by atoms with Gasteiger partial charge in [0.15, 0.2) is 5.69 Å². The van der Waals surface area contributed by atoms with Crippen LogP contribution >= 0.6 is 11.6 Å². The summed E-state index contributed by atoms with van der Waals surface area (Å²) in [5, 5.41) is 7.17. The lowest BCUT2D eigenvalue weighted by molar-refractivity contribution is 0.102. The SMILES string of the molecule is CN1CCC(Oc2ccc(NC(=O)c3nn(C)cc3Cl)cc2)CC1. The molecular formula is C17H21ClN4O2. The van der Waals surface area contributed by atoms with Crippen LogP contribution in [0.1, 0.15) is 23.3 Å². The van der Waals surface area contributed by atoms with Gasteiger partial charge >= 0.3 is 0 Å². The number of carbonyl (C=O) groups is 1. The molecule has 1 saturated heterocycles. The van der Waals surface area contributed by atoms with Gasteiger partial charge in [0.2, 0.25) is 0 Å². The summed E-state index contributed by atoms with van der Waals surface area (Å²) < 4.78 is 7.50. The monoisotopic (exact) mass is 348 g/mol. The molecule has 7 heteroatoms. The maximum atomic E-state index is 12.2. The normalized spacial score (nSPS) is 16.1. The molecule has 0 spiro atoms. The van der Waals surface area contributed by atoms with Crippen LogP contribution in [0.4, 0.5) is 5.69 Å². The summed E-state index contributed by atoms with van der Waals surface area (Å²) in [5.74, 6) is 0.489. The number of benzene rings is 1. The van der Waals surface area contributed by atoms with E-state index in [-0.39, 0.29) is 17.7 Å². The molecule has 0 atom stereocenters. The van der Waals surface area contributed by atoms with Crippen LogP contribution in [0.5, 0.6) is 5.75 Å². The van der Waals surface area contributed by atoms with Crippen molar-refractivity contribution in [2.45, 2.75) is 18.9 Å². The molecular weight excluding hydrogens is 328 g/mol. The molecule has 0 unspecified atom stereocenters. The number of carbonyl (C=O) groups excluding carboxylic acids is 1. The molecule has 0 radical (unpaired) electrons. The highest BCUT2D eigenvalue weighted by molar-refractivity contribution is 6.34. The third kappa shape index (κ3) is 4.07. The van der Waals surface area contributed by atoms with Gasteiger partial charge < -0.3 is 15.0 Å². The average molecular weight is 349 g/mol. The number of piperidine rings is 1. The van der Waals surface area contributed by atoms with Crippen LogP contribution in [-0.2, 0) is 7.05 Å². The fraction of sp³-hybridized carbons (Fsp3) is 0.412. The van der Waals surface area contributed by atoms with E-state index in [1.54, 1.807) is 13.2 Å². The predicted molar refractivity (Wildman–Crippen MR) is 93.8 cm³/mol. The third-order valence-electron chi connectivity index (χ3n) is 4.08. The van der Waals surface area contributed by atoms with Gasteiger partial charge in [0.25, 0.3) is 5.91 Å². The van der Waals surface area contributed by atoms with Crippen molar-refractivity contribution < 1.29 is 9.53 Å². The Balaban J connectivity index is 1.58. The van der Waals surface area contributed by atoms with E-state index >= 15 is 0 Å². The molecule has 0 saturated carbocycles. The van der Waals surface area contributed by atoms with E-state index in [0.29, 0.717) is 10.7 Å². The van der Waals surface area contributed by atoms with Gasteiger partial charge in [-0.3, -0.25) is 9.48 Å². The highest BCUT2D eigenvalue weighted by atomic mass is 35.5. The highest BCUT2D eigenvalue weighted by Crippen LogP contribution is 2.22. The minimum Gasteiger partial charge on any atom is -0.490 e. The molecule has 24 heavy (non-hydrogen) atoms. The van der Waals surface area contributed by atoms with E-state index in [4.69, 9.17) is 16.3 Å². The molecule has 0 bridgehead atoms. The van der Waals surface area contributed by atoms with Gasteiger partial charge in [-0.2, -0.15) is 5.10 Å². The molecule has 6 nitrogen and oxygen atoms in total. The summed E-state index contributed by atoms with van der Waals surface area (Å²) in [6.45, 7) is 2.12. The topological polar surface area (TPSA) is 59.4 Å². The Morgan fingerprint density at radius 1 is 1.25 bits per heavy atom. The number of nitrogens with zero attached hydrogens (tertiary/aromatic N) is 3. The largest absolute Gasteiger partial charge is 0.490 e. The van der Waals surface area contributed by atoms with E-state index in [1.165, 1.54) is 4.68 Å². The quantitative estimate of drug-likeness (QED) is 0.923. The fourth-order valence-corrected chi connectivity index (χ4v) is 2.98. The molecule has 1 aliphatic heterocycles. The molecule has 2 heterocycles. The maximum Gasteiger partial charge on any atom is 0.277 e. The number of rotatable bonds is 4. The van der Waals surface area contributed by atoms with Gasteiger partial charge in [0, 0.05) is 32.0 Å². The number of hydrogen-bond donors (Lipinski definition) is 1. The van der Waals surface area contributed by atoms with Gasteiger partial charge in [0.05, 0.1) is 5.02 Å². The summed E-state index contributed by atoms with van der Waals surface area (Å²) in [6, 6.07) is 7.37. The van der Waals surface area contributed by atoms with Crippen molar-refractivity contribution in [1.29, 1.82) is 0 Å². The van der Waals surface area contributed by atoms with Gasteiger partial charge in [-0.05, 0) is 44.2 Å². The maximum absolute atomic E-state index is 12.2. The van der Waals surface area contributed by atoms with Crippen LogP contribution < -0.4 is 10.1 Å². The zero-order valence-electron chi connectivity index (χ0n) is 13.8. The first kappa shape index (κ1) is 16.8. The lowest BCUT2D eigenvalue weighted by Gasteiger charge is -2.29. The number of nitrogens with one attached hydrogen (secondary N) is 1. The lowest BCUT2D eigenvalue weighted by Crippen LogP contribution is -2.35. The van der Waals surface area contributed by atoms with Gasteiger partial charge in [-0.15, -0.1) is 0 Å². The minimum atomic E-state index is -0.329. The fourth-order valence-electron chi connectivity index (χ4n) is 2.72. The van der Waals surface area contributed by atoms with Crippen molar-refractivity contribution in [2.24, 2.45) is 7.05 Å². The second-order valence-electron chi connectivity index (χ2n) is 6.10. The number of aryl methyl sites for hydroxylation is 1. The van der Waals surface area contributed by atoms with E-state index in [1.807, 2.05) is 24.3 Å². The number of likely N-dealkylation sites (tertiary alicyclic amines) is 1. The molecule has 0 aliphatic carbocycles. The first-order chi connectivity index (χ1) is 11.5. The number of aromatic nitrogens is 2. The molecule has 1 fully saturated rings. The van der Waals surface area contributed by atoms with Crippen LogP contribution in [0.3, 0.4) is 0 Å². The van der Waals surface area contributed by atoms with Crippen molar-refractivity contribution in [3.8, 4) is 5.75 Å². The molecule has 3 rings (SSSR count). The van der Waals surface area contributed by atoms with Crippen molar-refractivity contribution in [3.05, 3.63) is 41.2 Å². The Labute approximate surface area is 146 Å². The molecule has 1 aromatic heterocycles. The number of halogens is 1. The van der Waals surface area contributed by atoms with E-state index < -0.39 is 0 Å². The Hall–Kier alpha value is -2.05. The second kappa shape index (κ2) is 7.23. The number of amides is 1. The standard InChI is InChI=1S/C17H21ClN4O2/c1-21-9-7-14(8-10-21)24-13-5-3-12(4-6-13)19-17(23)16-15(18)11-22(2)20-16/h3-6,11,14H,7-10H2,1-2H3,(H,19,23). The Kier molecular flexibility index (Phi) is 5.06. The van der Waals surface area contributed by atoms with Gasteiger partial charge in [0.1, 0.15) is 11.9 Å². The summed E-state index contributed by atoms with van der Waals surface area (Å²) in [5.41, 5.74) is 0.892. The molecule has 2 aromatic rings. The minimum absolute atomic E-state index is 0.214. The Morgan fingerprint density at radius 2 is 1.92 bits per heavy atom. The third-order valence-corrected chi connectivity index (χ3v) is 4.36. The van der Waals surface area contributed by atoms with Crippen molar-refractivity contribution in [2.75, 3.05) is 25.5 Å². The summed E-state index contributed by atoms with van der Waals surface area (Å²) in [7, 11) is 3.85. The lowest BCUT2D eigenvalue weighted by atomic mass is 10.1. The van der Waals surface area contributed by atoms with Crippen molar-refractivity contribution in [1.82, 2.24) is 14.7 Å². The van der Waals surface area contributed by atoms with Crippen LogP contribution in [0, 0.1) is 0 Å². The number of ether oxygens (including phenoxy) is 1. The molecule has 1 aromatic carbocycles. The molecule has 1 N–H and O–H groups in total. The summed E-state index contributed by atoms with van der Waals surface area (Å²) in [6.07, 6.45) is 3.92. The predicted octanol–water partition coefficient (Wildman–Crippen LogP) is 2.80. The summed E-state index contributed by atoms with van der Waals surface area (Å²) in [4.78, 5) is 14.5. The number of hydrogen-bond acceptors (Lipinski definition) is 4. The molecule has 1 amide bonds. The van der Waals surface area contributed by atoms with Crippen LogP contribution in [0.2, 0.25) is 5.02 Å². The zero-order chi connectivity index (χ0) is 17.1. The first-order valence-electron chi connectivity index (χ1n) is 7.97.